The Morgan fingerprint density at radius 2 is 1.62 bits per heavy atom. The monoisotopic (exact) mass is 355 g/mol. The third-order valence-electron chi connectivity index (χ3n) is 3.97. The van der Waals surface area contributed by atoms with E-state index in [-0.39, 0.29) is 18.9 Å². The largest absolute Gasteiger partial charge is 1.00 e. The van der Waals surface area contributed by atoms with Gasteiger partial charge in [0.1, 0.15) is 0 Å². The quantitative estimate of drug-likeness (QED) is 0.617. The van der Waals surface area contributed by atoms with Gasteiger partial charge in [-0.05, 0) is 50.0 Å². The first kappa shape index (κ1) is 19.6. The van der Waals surface area contributed by atoms with E-state index >= 15 is 0 Å². The van der Waals surface area contributed by atoms with Gasteiger partial charge in [-0.3, -0.25) is 0 Å². The first-order valence-corrected chi connectivity index (χ1v) is 9.67. The van der Waals surface area contributed by atoms with Crippen LogP contribution in [0.15, 0.2) is 24.3 Å². The number of thioether (sulfide) groups is 2. The maximum atomic E-state index is 5.84. The molecule has 1 aromatic heterocycles. The molecule has 0 spiro atoms. The predicted octanol–water partition coefficient (Wildman–Crippen LogP) is 1.82. The van der Waals surface area contributed by atoms with Crippen LogP contribution in [0.3, 0.4) is 0 Å². The fourth-order valence-corrected chi connectivity index (χ4v) is 5.45. The van der Waals surface area contributed by atoms with Crippen molar-refractivity contribution in [3.8, 4) is 17.2 Å². The molecule has 1 fully saturated rings. The van der Waals surface area contributed by atoms with Crippen LogP contribution in [-0.2, 0) is 0 Å². The van der Waals surface area contributed by atoms with Crippen LogP contribution in [0.5, 0.6) is 11.5 Å². The SMILES string of the molecule is COc1cc([C-]2SCCCS2)c(OC)c(-n2c(C)ccc2C)c1.[Li+]. The molecule has 3 nitrogen and oxygen atoms in total. The molecule has 6 heteroatoms. The van der Waals surface area contributed by atoms with Gasteiger partial charge in [0, 0.05) is 22.8 Å². The van der Waals surface area contributed by atoms with E-state index in [4.69, 9.17) is 9.47 Å². The van der Waals surface area contributed by atoms with E-state index in [0.717, 1.165) is 22.7 Å². The zero-order valence-corrected chi connectivity index (χ0v) is 16.6. The first-order chi connectivity index (χ1) is 11.2. The molecular weight excluding hydrogens is 333 g/mol. The molecule has 124 valence electrons. The molecule has 0 amide bonds. The van der Waals surface area contributed by atoms with Crippen molar-refractivity contribution in [3.63, 3.8) is 0 Å². The van der Waals surface area contributed by atoms with E-state index in [2.05, 4.69) is 42.7 Å². The summed E-state index contributed by atoms with van der Waals surface area (Å²) in [4.78, 5) is 0. The van der Waals surface area contributed by atoms with Gasteiger partial charge in [0.2, 0.25) is 0 Å². The summed E-state index contributed by atoms with van der Waals surface area (Å²) in [5.41, 5.74) is 4.56. The second-order valence-electron chi connectivity index (χ2n) is 5.52. The molecule has 0 aliphatic carbocycles. The number of hydrogen-bond donors (Lipinski definition) is 0. The van der Waals surface area contributed by atoms with Crippen LogP contribution in [0.25, 0.3) is 5.69 Å². The Hall–Kier alpha value is -0.733. The fourth-order valence-electron chi connectivity index (χ4n) is 2.87. The molecule has 0 bridgehead atoms. The van der Waals surface area contributed by atoms with Crippen molar-refractivity contribution in [3.05, 3.63) is 45.8 Å². The molecule has 1 aliphatic heterocycles. The Bertz CT molecular complexity index is 677. The van der Waals surface area contributed by atoms with Crippen LogP contribution in [0.1, 0.15) is 23.4 Å². The Morgan fingerprint density at radius 3 is 2.17 bits per heavy atom. The van der Waals surface area contributed by atoms with Gasteiger partial charge in [0.05, 0.1) is 20.0 Å². The van der Waals surface area contributed by atoms with Crippen molar-refractivity contribution in [1.29, 1.82) is 0 Å². The number of nitrogens with zero attached hydrogens (tertiary/aromatic N) is 1. The maximum Gasteiger partial charge on any atom is 1.00 e. The van der Waals surface area contributed by atoms with E-state index in [1.807, 2.05) is 23.5 Å². The van der Waals surface area contributed by atoms with E-state index in [0.29, 0.717) is 0 Å². The van der Waals surface area contributed by atoms with Crippen LogP contribution in [-0.4, -0.2) is 30.3 Å². The fraction of sp³-hybridized carbons (Fsp3) is 0.389. The van der Waals surface area contributed by atoms with E-state index in [1.165, 1.54) is 33.9 Å². The number of rotatable bonds is 4. The Balaban J connectivity index is 0.00000208. The summed E-state index contributed by atoms with van der Waals surface area (Å²) in [6.07, 6.45) is 1.26. The molecule has 24 heavy (non-hydrogen) atoms. The van der Waals surface area contributed by atoms with Crippen molar-refractivity contribution in [2.24, 2.45) is 0 Å². The number of hydrogen-bond acceptors (Lipinski definition) is 4. The minimum Gasteiger partial charge on any atom is -0.551 e. The predicted molar refractivity (Wildman–Crippen MR) is 100 cm³/mol. The van der Waals surface area contributed by atoms with Gasteiger partial charge in [-0.15, -0.1) is 11.6 Å². The number of methoxy groups -OCH3 is 2. The van der Waals surface area contributed by atoms with Gasteiger partial charge in [-0.25, -0.2) is 0 Å². The smallest absolute Gasteiger partial charge is 0.551 e. The molecule has 0 radical (unpaired) electrons. The van der Waals surface area contributed by atoms with Crippen LogP contribution < -0.4 is 28.3 Å². The maximum absolute atomic E-state index is 5.84. The van der Waals surface area contributed by atoms with E-state index in [9.17, 15) is 0 Å². The average molecular weight is 355 g/mol. The van der Waals surface area contributed by atoms with Gasteiger partial charge in [-0.2, -0.15) is 23.5 Å². The van der Waals surface area contributed by atoms with Gasteiger partial charge in [0.25, 0.3) is 0 Å². The molecule has 2 aromatic rings. The second-order valence-corrected chi connectivity index (χ2v) is 7.99. The Morgan fingerprint density at radius 1 is 1.00 bits per heavy atom. The third-order valence-corrected chi connectivity index (χ3v) is 6.63. The van der Waals surface area contributed by atoms with Gasteiger partial charge >= 0.3 is 18.9 Å². The molecule has 3 rings (SSSR count). The van der Waals surface area contributed by atoms with Gasteiger partial charge in [0.15, 0.2) is 0 Å². The summed E-state index contributed by atoms with van der Waals surface area (Å²) in [7, 11) is 3.47. The average Bonchev–Trinajstić information content (AvgIpc) is 2.93. The number of benzene rings is 1. The number of aromatic nitrogens is 1. The molecule has 0 saturated carbocycles. The molecule has 1 aromatic carbocycles. The number of ether oxygens (including phenoxy) is 2. The summed E-state index contributed by atoms with van der Waals surface area (Å²) >= 11 is 3.83. The summed E-state index contributed by atoms with van der Waals surface area (Å²) in [6, 6.07) is 8.41. The molecule has 1 saturated heterocycles. The third kappa shape index (κ3) is 3.75. The van der Waals surface area contributed by atoms with Crippen molar-refractivity contribution in [1.82, 2.24) is 4.57 Å². The Labute approximate surface area is 165 Å². The zero-order chi connectivity index (χ0) is 16.4. The second kappa shape index (κ2) is 8.58. The molecule has 0 N–H and O–H groups in total. The normalized spacial score (nSPS) is 14.2. The van der Waals surface area contributed by atoms with Gasteiger partial charge in [-0.1, -0.05) is 4.58 Å². The topological polar surface area (TPSA) is 23.4 Å². The first-order valence-electron chi connectivity index (χ1n) is 7.70. The van der Waals surface area contributed by atoms with Crippen molar-refractivity contribution < 1.29 is 28.3 Å². The van der Waals surface area contributed by atoms with Crippen molar-refractivity contribution in [2.75, 3.05) is 25.7 Å². The van der Waals surface area contributed by atoms with Gasteiger partial charge < -0.3 is 14.0 Å². The van der Waals surface area contributed by atoms with Crippen LogP contribution in [0, 0.1) is 18.4 Å². The van der Waals surface area contributed by atoms with Crippen LogP contribution >= 0.6 is 23.5 Å². The summed E-state index contributed by atoms with van der Waals surface area (Å²) in [5.74, 6) is 4.12. The molecular formula is C18H22LiNO2S2. The number of aryl methyl sites for hydroxylation is 2. The summed E-state index contributed by atoms with van der Waals surface area (Å²) in [6.45, 7) is 4.23. The minimum atomic E-state index is 0. The molecule has 0 unspecified atom stereocenters. The zero-order valence-electron chi connectivity index (χ0n) is 15.0. The molecule has 0 atom stereocenters. The van der Waals surface area contributed by atoms with Crippen LogP contribution in [0.4, 0.5) is 0 Å². The molecule has 2 heterocycles. The minimum absolute atomic E-state index is 0. The Kier molecular flexibility index (Phi) is 7.00. The summed E-state index contributed by atoms with van der Waals surface area (Å²) < 4.78 is 15.0. The molecule has 1 aliphatic rings. The van der Waals surface area contributed by atoms with E-state index < -0.39 is 0 Å². The standard InChI is InChI=1S/C18H22NO2S2.Li/c1-12-6-7-13(2)19(12)16-11-14(20-3)10-15(17(16)21-4)18-22-8-5-9-23-18;/h6-7,10-11H,5,8-9H2,1-4H3;/q-1;+1. The van der Waals surface area contributed by atoms with Crippen molar-refractivity contribution in [2.45, 2.75) is 20.3 Å². The van der Waals surface area contributed by atoms with Crippen molar-refractivity contribution >= 4 is 23.5 Å². The van der Waals surface area contributed by atoms with E-state index in [1.54, 1.807) is 14.2 Å². The summed E-state index contributed by atoms with van der Waals surface area (Å²) in [5, 5.41) is 0. The van der Waals surface area contributed by atoms with Crippen LogP contribution in [0.2, 0.25) is 0 Å².